The Balaban J connectivity index is 3.67. The molecule has 0 aliphatic rings. The predicted octanol–water partition coefficient (Wildman–Crippen LogP) is 0.539. The zero-order valence-electron chi connectivity index (χ0n) is 4.70. The lowest BCUT2D eigenvalue weighted by Gasteiger charge is -2.13. The Morgan fingerprint density at radius 2 is 2.56 bits per heavy atom. The quantitative estimate of drug-likeness (QED) is 0.282. The topological polar surface area (TPSA) is 29.5 Å². The first-order valence-corrected chi connectivity index (χ1v) is 3.03. The van der Waals surface area contributed by atoms with Crippen LogP contribution in [-0.4, -0.2) is 27.3 Å². The molecule has 0 aromatic carbocycles. The molecule has 0 unspecified atom stereocenters. The third kappa shape index (κ3) is 3.34. The zero-order valence-corrected chi connectivity index (χ0v) is 6.60. The lowest BCUT2D eigenvalue weighted by Crippen LogP contribution is -2.25. The fraction of sp³-hybridized carbons (Fsp3) is 0.250. The van der Waals surface area contributed by atoms with Crippen LogP contribution in [0.3, 0.4) is 0 Å². The van der Waals surface area contributed by atoms with Gasteiger partial charge in [-0.2, -0.15) is 0 Å². The molecular formula is C4H6NO2SSi. The first kappa shape index (κ1) is 8.74. The van der Waals surface area contributed by atoms with Gasteiger partial charge < -0.3 is 4.53 Å². The van der Waals surface area contributed by atoms with E-state index in [0.29, 0.717) is 6.54 Å². The Morgan fingerprint density at radius 3 is 2.67 bits per heavy atom. The fourth-order valence-corrected chi connectivity index (χ4v) is 0.628. The van der Waals surface area contributed by atoms with E-state index in [1.807, 2.05) is 0 Å². The second kappa shape index (κ2) is 4.60. The van der Waals surface area contributed by atoms with Gasteiger partial charge in [-0.15, -0.1) is 6.58 Å². The van der Waals surface area contributed by atoms with Gasteiger partial charge in [0.2, 0.25) is 0 Å². The molecule has 9 heavy (non-hydrogen) atoms. The number of carbonyl (C=O) groups excluding carboxylic acids is 1. The molecule has 0 bridgehead atoms. The van der Waals surface area contributed by atoms with Gasteiger partial charge in [0.15, 0.2) is 0 Å². The van der Waals surface area contributed by atoms with E-state index in [9.17, 15) is 4.79 Å². The van der Waals surface area contributed by atoms with Crippen molar-refractivity contribution in [3.63, 3.8) is 0 Å². The lowest BCUT2D eigenvalue weighted by molar-refractivity contribution is 0.0205. The van der Waals surface area contributed by atoms with Gasteiger partial charge in [0.05, 0.1) is 6.54 Å². The SMILES string of the molecule is C=CCN(O[Si])C(=O)S. The van der Waals surface area contributed by atoms with Gasteiger partial charge in [0.1, 0.15) is 0 Å². The van der Waals surface area contributed by atoms with Crippen LogP contribution in [0.25, 0.3) is 0 Å². The normalized spacial score (nSPS) is 8.67. The summed E-state index contributed by atoms with van der Waals surface area (Å²) in [6.07, 6.45) is 1.52. The predicted molar refractivity (Wildman–Crippen MR) is 38.1 cm³/mol. The van der Waals surface area contributed by atoms with Crippen LogP contribution in [0.2, 0.25) is 0 Å². The summed E-state index contributed by atoms with van der Waals surface area (Å²) in [7, 11) is 2.67. The van der Waals surface area contributed by atoms with Gasteiger partial charge in [0, 0.05) is 0 Å². The molecule has 49 valence electrons. The van der Waals surface area contributed by atoms with Crippen LogP contribution in [0.5, 0.6) is 0 Å². The monoisotopic (exact) mass is 160 g/mol. The van der Waals surface area contributed by atoms with E-state index in [1.165, 1.54) is 6.08 Å². The smallest absolute Gasteiger partial charge is 0.301 e. The maximum absolute atomic E-state index is 10.4. The summed E-state index contributed by atoms with van der Waals surface area (Å²) in [5.41, 5.74) is 0. The van der Waals surface area contributed by atoms with Gasteiger partial charge >= 0.3 is 5.24 Å². The first-order chi connectivity index (χ1) is 4.22. The van der Waals surface area contributed by atoms with Crippen LogP contribution < -0.4 is 0 Å². The Kier molecular flexibility index (Phi) is 4.47. The second-order valence-corrected chi connectivity index (χ2v) is 1.79. The number of nitrogens with zero attached hydrogens (tertiary/aromatic N) is 1. The number of rotatable bonds is 3. The van der Waals surface area contributed by atoms with E-state index in [0.717, 1.165) is 5.06 Å². The molecule has 0 saturated carbocycles. The van der Waals surface area contributed by atoms with E-state index in [2.05, 4.69) is 34.2 Å². The van der Waals surface area contributed by atoms with Gasteiger partial charge in [-0.3, -0.25) is 4.79 Å². The molecule has 0 spiro atoms. The van der Waals surface area contributed by atoms with E-state index >= 15 is 0 Å². The second-order valence-electron chi connectivity index (χ2n) is 1.22. The zero-order chi connectivity index (χ0) is 7.28. The molecule has 0 aliphatic heterocycles. The van der Waals surface area contributed by atoms with Crippen molar-refractivity contribution >= 4 is 28.4 Å². The molecule has 1 amide bonds. The summed E-state index contributed by atoms with van der Waals surface area (Å²) in [5.74, 6) is 0. The minimum absolute atomic E-state index is 0.311. The summed E-state index contributed by atoms with van der Waals surface area (Å²) in [6.45, 7) is 3.71. The Morgan fingerprint density at radius 1 is 2.00 bits per heavy atom. The highest BCUT2D eigenvalue weighted by Gasteiger charge is 2.03. The number of hydrogen-bond donors (Lipinski definition) is 1. The molecule has 0 aromatic heterocycles. The summed E-state index contributed by atoms with van der Waals surface area (Å²) in [4.78, 5) is 10.4. The number of hydroxylamine groups is 2. The molecule has 0 rings (SSSR count). The first-order valence-electron chi connectivity index (χ1n) is 2.17. The highest BCUT2D eigenvalue weighted by Crippen LogP contribution is 1.93. The molecule has 0 heterocycles. The average Bonchev–Trinajstić information content (AvgIpc) is 1.82. The minimum Gasteiger partial charge on any atom is -0.318 e. The minimum atomic E-state index is -0.468. The standard InChI is InChI=1S/C4H6NO2SSi/c1-2-3-5(7-9)4(6)8/h2H,1,3H2,(H,6,8). The van der Waals surface area contributed by atoms with Gasteiger partial charge in [-0.25, -0.2) is 5.06 Å². The summed E-state index contributed by atoms with van der Waals surface area (Å²) < 4.78 is 4.39. The van der Waals surface area contributed by atoms with Gasteiger partial charge in [0.25, 0.3) is 10.5 Å². The van der Waals surface area contributed by atoms with Crippen LogP contribution in [0, 0.1) is 0 Å². The van der Waals surface area contributed by atoms with E-state index in [4.69, 9.17) is 0 Å². The maximum Gasteiger partial charge on any atom is 0.301 e. The summed E-state index contributed by atoms with van der Waals surface area (Å²) in [6, 6.07) is 0. The number of amides is 1. The molecule has 0 N–H and O–H groups in total. The molecule has 0 aromatic rings. The van der Waals surface area contributed by atoms with Crippen LogP contribution in [0.15, 0.2) is 12.7 Å². The molecule has 0 aliphatic carbocycles. The molecule has 3 nitrogen and oxygen atoms in total. The fourth-order valence-electron chi connectivity index (χ4n) is 0.272. The third-order valence-electron chi connectivity index (χ3n) is 0.618. The van der Waals surface area contributed by atoms with Crippen molar-refractivity contribution in [1.29, 1.82) is 0 Å². The average molecular weight is 160 g/mol. The van der Waals surface area contributed by atoms with Crippen molar-refractivity contribution in [3.05, 3.63) is 12.7 Å². The molecular weight excluding hydrogens is 154 g/mol. The number of carbonyl (C=O) groups is 1. The maximum atomic E-state index is 10.4. The van der Waals surface area contributed by atoms with Crippen molar-refractivity contribution in [2.24, 2.45) is 0 Å². The van der Waals surface area contributed by atoms with Crippen molar-refractivity contribution in [1.82, 2.24) is 5.06 Å². The van der Waals surface area contributed by atoms with E-state index < -0.39 is 5.24 Å². The summed E-state index contributed by atoms with van der Waals surface area (Å²) in [5, 5.41) is 0.525. The molecule has 0 fully saturated rings. The Labute approximate surface area is 62.6 Å². The molecule has 5 heteroatoms. The lowest BCUT2D eigenvalue weighted by atomic mass is 10.6. The van der Waals surface area contributed by atoms with Crippen molar-refractivity contribution in [2.75, 3.05) is 6.54 Å². The van der Waals surface area contributed by atoms with Crippen LogP contribution in [-0.2, 0) is 4.53 Å². The Hall–Kier alpha value is -0.263. The number of thiol groups is 1. The highest BCUT2D eigenvalue weighted by atomic mass is 32.1. The van der Waals surface area contributed by atoms with Gasteiger partial charge in [-0.05, 0) is 0 Å². The molecule has 3 radical (unpaired) electrons. The van der Waals surface area contributed by atoms with E-state index in [1.54, 1.807) is 0 Å². The van der Waals surface area contributed by atoms with Crippen molar-refractivity contribution in [2.45, 2.75) is 0 Å². The van der Waals surface area contributed by atoms with Crippen molar-refractivity contribution in [3.8, 4) is 0 Å². The highest BCUT2D eigenvalue weighted by molar-refractivity contribution is 7.96. The molecule has 0 atom stereocenters. The molecule has 0 saturated heterocycles. The van der Waals surface area contributed by atoms with Crippen LogP contribution in [0.1, 0.15) is 0 Å². The number of hydrogen-bond acceptors (Lipinski definition) is 2. The largest absolute Gasteiger partial charge is 0.318 e. The Bertz CT molecular complexity index is 119. The van der Waals surface area contributed by atoms with Crippen molar-refractivity contribution < 1.29 is 9.32 Å². The van der Waals surface area contributed by atoms with Crippen LogP contribution >= 0.6 is 12.6 Å². The third-order valence-corrected chi connectivity index (χ3v) is 1.06. The van der Waals surface area contributed by atoms with E-state index in [-0.39, 0.29) is 0 Å². The summed E-state index contributed by atoms with van der Waals surface area (Å²) >= 11 is 3.49. The van der Waals surface area contributed by atoms with Gasteiger partial charge in [-0.1, -0.05) is 18.7 Å². The van der Waals surface area contributed by atoms with Crippen LogP contribution in [0.4, 0.5) is 4.79 Å².